The molecule has 4 aromatic rings. The summed E-state index contributed by atoms with van der Waals surface area (Å²) < 4.78 is 10.7. The van der Waals surface area contributed by atoms with Gasteiger partial charge in [-0.2, -0.15) is 5.10 Å². The molecule has 184 valence electrons. The first kappa shape index (κ1) is 24.4. The van der Waals surface area contributed by atoms with Gasteiger partial charge in [-0.25, -0.2) is 4.98 Å². The molecule has 6 nitrogen and oxygen atoms in total. The van der Waals surface area contributed by atoms with Crippen LogP contribution in [0.4, 0.5) is 10.8 Å². The van der Waals surface area contributed by atoms with Crippen molar-refractivity contribution in [3.8, 4) is 22.8 Å². The monoisotopic (exact) mass is 538 g/mol. The Morgan fingerprint density at radius 2 is 1.92 bits per heavy atom. The molecule has 1 aliphatic rings. The van der Waals surface area contributed by atoms with E-state index in [-0.39, 0.29) is 5.92 Å². The maximum Gasteiger partial charge on any atom is 0.203 e. The molecule has 0 saturated heterocycles. The van der Waals surface area contributed by atoms with E-state index in [4.69, 9.17) is 32.7 Å². The number of rotatable bonds is 8. The third-order valence-corrected chi connectivity index (χ3v) is 7.40. The van der Waals surface area contributed by atoms with Gasteiger partial charge in [0.25, 0.3) is 0 Å². The third kappa shape index (κ3) is 5.14. The summed E-state index contributed by atoms with van der Waals surface area (Å²) in [7, 11) is 3.24. The number of thiazole rings is 1. The Bertz CT molecular complexity index is 1410. The number of aromatic nitrogens is 1. The van der Waals surface area contributed by atoms with Crippen LogP contribution in [0.5, 0.6) is 11.5 Å². The van der Waals surface area contributed by atoms with Crippen molar-refractivity contribution in [3.05, 3.63) is 87.2 Å². The van der Waals surface area contributed by atoms with Gasteiger partial charge < -0.3 is 14.4 Å². The van der Waals surface area contributed by atoms with Crippen LogP contribution in [0, 0.1) is 0 Å². The molecule has 1 atom stereocenters. The molecule has 9 heteroatoms. The number of ether oxygens (including phenoxy) is 2. The van der Waals surface area contributed by atoms with Crippen LogP contribution >= 0.6 is 34.5 Å². The van der Waals surface area contributed by atoms with E-state index in [0.29, 0.717) is 33.2 Å². The van der Waals surface area contributed by atoms with Crippen LogP contribution in [0.3, 0.4) is 0 Å². The Balaban J connectivity index is 1.28. The summed E-state index contributed by atoms with van der Waals surface area (Å²) in [6.07, 6.45) is 1.94. The molecule has 0 saturated carbocycles. The van der Waals surface area contributed by atoms with Gasteiger partial charge in [0, 0.05) is 51.9 Å². The zero-order valence-corrected chi connectivity index (χ0v) is 22.1. The quantitative estimate of drug-likeness (QED) is 0.188. The van der Waals surface area contributed by atoms with Gasteiger partial charge in [0.1, 0.15) is 0 Å². The van der Waals surface area contributed by atoms with Gasteiger partial charge in [-0.05, 0) is 47.5 Å². The molecule has 0 spiro atoms. The first-order chi connectivity index (χ1) is 17.6. The fourth-order valence-electron chi connectivity index (χ4n) is 4.29. The molecule has 3 aromatic carbocycles. The molecule has 0 aliphatic carbocycles. The zero-order valence-electron chi connectivity index (χ0n) is 19.7. The molecule has 1 N–H and O–H groups in total. The van der Waals surface area contributed by atoms with Crippen LogP contribution in [0.25, 0.3) is 11.3 Å². The number of benzene rings is 3. The van der Waals surface area contributed by atoms with E-state index in [0.717, 1.165) is 23.4 Å². The van der Waals surface area contributed by atoms with E-state index in [1.807, 2.05) is 41.9 Å². The maximum absolute atomic E-state index is 6.43. The van der Waals surface area contributed by atoms with Crippen molar-refractivity contribution in [3.63, 3.8) is 0 Å². The molecule has 1 aromatic heterocycles. The molecule has 0 fully saturated rings. The molecule has 0 amide bonds. The Kier molecular flexibility index (Phi) is 7.32. The normalized spacial score (nSPS) is 14.8. The Labute approximate surface area is 224 Å². The molecule has 5 rings (SSSR count). The van der Waals surface area contributed by atoms with E-state index in [1.165, 1.54) is 22.6 Å². The number of para-hydroxylation sites is 1. The minimum atomic E-state index is 0.144. The Hall–Kier alpha value is -3.26. The fourth-order valence-corrected chi connectivity index (χ4v) is 5.43. The van der Waals surface area contributed by atoms with Crippen LogP contribution in [-0.4, -0.2) is 32.0 Å². The maximum atomic E-state index is 6.43. The van der Waals surface area contributed by atoms with Crippen molar-refractivity contribution < 1.29 is 9.47 Å². The van der Waals surface area contributed by atoms with Crippen molar-refractivity contribution >= 4 is 51.6 Å². The highest BCUT2D eigenvalue weighted by Gasteiger charge is 2.27. The fraction of sp³-hybridized carbons (Fsp3) is 0.185. The summed E-state index contributed by atoms with van der Waals surface area (Å²) in [5.74, 6) is 1.49. The number of nitrogens with zero attached hydrogens (tertiary/aromatic N) is 3. The van der Waals surface area contributed by atoms with Gasteiger partial charge in [-0.1, -0.05) is 47.5 Å². The highest BCUT2D eigenvalue weighted by Crippen LogP contribution is 2.37. The van der Waals surface area contributed by atoms with Gasteiger partial charge in [0.15, 0.2) is 11.5 Å². The summed E-state index contributed by atoms with van der Waals surface area (Å²) in [6.45, 7) is 1.50. The SMILES string of the molecule is COc1ccc(-c2csc(N/N=C/C3CN(Cc4ccc(Cl)cc4Cl)c4ccccc43)n2)cc1OC. The summed E-state index contributed by atoms with van der Waals surface area (Å²) in [6, 6.07) is 19.8. The minimum Gasteiger partial charge on any atom is -0.493 e. The predicted molar refractivity (Wildman–Crippen MR) is 149 cm³/mol. The van der Waals surface area contributed by atoms with Crippen LogP contribution in [0.1, 0.15) is 17.0 Å². The van der Waals surface area contributed by atoms with Gasteiger partial charge in [-0.15, -0.1) is 11.3 Å². The molecule has 0 bridgehead atoms. The van der Waals surface area contributed by atoms with Gasteiger partial charge in [0.05, 0.1) is 19.9 Å². The lowest BCUT2D eigenvalue weighted by molar-refractivity contribution is 0.355. The molecular formula is C27H24Cl2N4O2S. The average Bonchev–Trinajstić information content (AvgIpc) is 3.50. The second-order valence-corrected chi connectivity index (χ2v) is 9.98. The van der Waals surface area contributed by atoms with Crippen LogP contribution in [-0.2, 0) is 6.54 Å². The highest BCUT2D eigenvalue weighted by molar-refractivity contribution is 7.14. The molecular weight excluding hydrogens is 515 g/mol. The largest absolute Gasteiger partial charge is 0.493 e. The van der Waals surface area contributed by atoms with E-state index >= 15 is 0 Å². The smallest absolute Gasteiger partial charge is 0.203 e. The number of methoxy groups -OCH3 is 2. The molecule has 1 aliphatic heterocycles. The topological polar surface area (TPSA) is 59.0 Å². The highest BCUT2D eigenvalue weighted by atomic mass is 35.5. The molecule has 1 unspecified atom stereocenters. The lowest BCUT2D eigenvalue weighted by Gasteiger charge is -2.20. The molecule has 2 heterocycles. The van der Waals surface area contributed by atoms with E-state index in [2.05, 4.69) is 44.7 Å². The summed E-state index contributed by atoms with van der Waals surface area (Å²) in [4.78, 5) is 6.99. The first-order valence-corrected chi connectivity index (χ1v) is 12.9. The standard InChI is InChI=1S/C27H24Cl2N4O2S/c1-34-25-10-8-17(11-26(25)35-2)23-16-36-27(31-23)32-30-13-19-15-33(24-6-4-3-5-21(19)24)14-18-7-9-20(28)12-22(18)29/h3-13,16,19H,14-15H2,1-2H3,(H,31,32)/b30-13+. The lowest BCUT2D eigenvalue weighted by atomic mass is 10.0. The van der Waals surface area contributed by atoms with Crippen molar-refractivity contribution in [2.45, 2.75) is 12.5 Å². The number of fused-ring (bicyclic) bond motifs is 1. The van der Waals surface area contributed by atoms with Gasteiger partial charge in [-0.3, -0.25) is 5.43 Å². The minimum absolute atomic E-state index is 0.144. The van der Waals surface area contributed by atoms with Crippen molar-refractivity contribution in [1.82, 2.24) is 4.98 Å². The van der Waals surface area contributed by atoms with E-state index in [1.54, 1.807) is 20.3 Å². The van der Waals surface area contributed by atoms with Crippen molar-refractivity contribution in [2.24, 2.45) is 5.10 Å². The Morgan fingerprint density at radius 3 is 2.72 bits per heavy atom. The van der Waals surface area contributed by atoms with Crippen molar-refractivity contribution in [2.75, 3.05) is 31.1 Å². The number of anilines is 2. The number of halogens is 2. The predicted octanol–water partition coefficient (Wildman–Crippen LogP) is 7.34. The number of hydrazone groups is 1. The summed E-state index contributed by atoms with van der Waals surface area (Å²) in [5.41, 5.74) is 8.34. The number of nitrogens with one attached hydrogen (secondary N) is 1. The Morgan fingerprint density at radius 1 is 1.08 bits per heavy atom. The summed E-state index contributed by atoms with van der Waals surface area (Å²) in [5, 5.41) is 8.53. The van der Waals surface area contributed by atoms with Crippen LogP contribution < -0.4 is 19.8 Å². The van der Waals surface area contributed by atoms with E-state index in [9.17, 15) is 0 Å². The number of hydrogen-bond acceptors (Lipinski definition) is 7. The second kappa shape index (κ2) is 10.8. The van der Waals surface area contributed by atoms with Gasteiger partial charge >= 0.3 is 0 Å². The molecule has 0 radical (unpaired) electrons. The van der Waals surface area contributed by atoms with Crippen LogP contribution in [0.2, 0.25) is 10.0 Å². The molecule has 36 heavy (non-hydrogen) atoms. The van der Waals surface area contributed by atoms with Crippen LogP contribution in [0.15, 0.2) is 71.1 Å². The average molecular weight is 539 g/mol. The van der Waals surface area contributed by atoms with Crippen molar-refractivity contribution in [1.29, 1.82) is 0 Å². The third-order valence-electron chi connectivity index (χ3n) is 6.07. The zero-order chi connectivity index (χ0) is 25.1. The number of hydrogen-bond donors (Lipinski definition) is 1. The lowest BCUT2D eigenvalue weighted by Crippen LogP contribution is -2.22. The van der Waals surface area contributed by atoms with E-state index < -0.39 is 0 Å². The first-order valence-electron chi connectivity index (χ1n) is 11.3. The second-order valence-electron chi connectivity index (χ2n) is 8.28. The van der Waals surface area contributed by atoms with Gasteiger partial charge in [0.2, 0.25) is 5.13 Å². The summed E-state index contributed by atoms with van der Waals surface area (Å²) >= 11 is 14.0.